The summed E-state index contributed by atoms with van der Waals surface area (Å²) in [6.45, 7) is 5.54. The lowest BCUT2D eigenvalue weighted by molar-refractivity contribution is 0.175. The van der Waals surface area contributed by atoms with E-state index in [9.17, 15) is 0 Å². The van der Waals surface area contributed by atoms with Gasteiger partial charge in [-0.25, -0.2) is 0 Å². The molecule has 0 saturated heterocycles. The minimum Gasteiger partial charge on any atom is -0.385 e. The van der Waals surface area contributed by atoms with Crippen LogP contribution in [0.3, 0.4) is 0 Å². The standard InChI is InChI=1S/C14H27NO/c1-10(6-7-16-3)15-11(2)14-9-12-4-5-13(14)8-12/h10-15H,4-9H2,1-3H3. The van der Waals surface area contributed by atoms with E-state index in [4.69, 9.17) is 4.74 Å². The molecule has 2 saturated carbocycles. The largest absolute Gasteiger partial charge is 0.385 e. The van der Waals surface area contributed by atoms with Gasteiger partial charge in [-0.3, -0.25) is 0 Å². The highest BCUT2D eigenvalue weighted by Gasteiger charge is 2.41. The van der Waals surface area contributed by atoms with E-state index in [2.05, 4.69) is 19.2 Å². The number of nitrogens with one attached hydrogen (secondary N) is 1. The van der Waals surface area contributed by atoms with E-state index >= 15 is 0 Å². The second kappa shape index (κ2) is 5.50. The Kier molecular flexibility index (Phi) is 4.26. The third kappa shape index (κ3) is 2.78. The topological polar surface area (TPSA) is 21.3 Å². The van der Waals surface area contributed by atoms with E-state index in [-0.39, 0.29) is 0 Å². The number of rotatable bonds is 6. The maximum Gasteiger partial charge on any atom is 0.0476 e. The summed E-state index contributed by atoms with van der Waals surface area (Å²) in [5.74, 6) is 3.04. The number of hydrogen-bond donors (Lipinski definition) is 1. The van der Waals surface area contributed by atoms with Crippen LogP contribution in [-0.4, -0.2) is 25.8 Å². The zero-order valence-electron chi connectivity index (χ0n) is 11.0. The van der Waals surface area contributed by atoms with Gasteiger partial charge in [0.1, 0.15) is 0 Å². The maximum absolute atomic E-state index is 5.13. The van der Waals surface area contributed by atoms with E-state index < -0.39 is 0 Å². The van der Waals surface area contributed by atoms with Crippen molar-refractivity contribution in [2.45, 2.75) is 58.0 Å². The summed E-state index contributed by atoms with van der Waals surface area (Å²) < 4.78 is 5.13. The molecule has 0 aliphatic heterocycles. The SMILES string of the molecule is COCCC(C)NC(C)C1CC2CCC1C2. The second-order valence-corrected chi connectivity index (χ2v) is 5.98. The average molecular weight is 225 g/mol. The van der Waals surface area contributed by atoms with Crippen LogP contribution in [0, 0.1) is 17.8 Å². The van der Waals surface area contributed by atoms with Crippen molar-refractivity contribution in [2.75, 3.05) is 13.7 Å². The number of methoxy groups -OCH3 is 1. The summed E-state index contributed by atoms with van der Waals surface area (Å²) >= 11 is 0. The predicted molar refractivity (Wildman–Crippen MR) is 67.5 cm³/mol. The van der Waals surface area contributed by atoms with Gasteiger partial charge in [0.2, 0.25) is 0 Å². The van der Waals surface area contributed by atoms with Crippen molar-refractivity contribution in [3.63, 3.8) is 0 Å². The summed E-state index contributed by atoms with van der Waals surface area (Å²) in [7, 11) is 1.78. The van der Waals surface area contributed by atoms with Crippen molar-refractivity contribution in [1.29, 1.82) is 0 Å². The Balaban J connectivity index is 1.73. The van der Waals surface area contributed by atoms with Crippen molar-refractivity contribution < 1.29 is 4.74 Å². The summed E-state index contributed by atoms with van der Waals surface area (Å²) in [5.41, 5.74) is 0. The molecule has 5 atom stereocenters. The fraction of sp³-hybridized carbons (Fsp3) is 1.00. The summed E-state index contributed by atoms with van der Waals surface area (Å²) in [4.78, 5) is 0. The van der Waals surface area contributed by atoms with Gasteiger partial charge in [0.05, 0.1) is 0 Å². The number of ether oxygens (including phenoxy) is 1. The first-order valence-corrected chi connectivity index (χ1v) is 6.95. The highest BCUT2D eigenvalue weighted by molar-refractivity contribution is 4.94. The molecule has 5 unspecified atom stereocenters. The van der Waals surface area contributed by atoms with E-state index in [1.165, 1.54) is 25.7 Å². The minimum absolute atomic E-state index is 0.592. The van der Waals surface area contributed by atoms with Gasteiger partial charge in [-0.15, -0.1) is 0 Å². The minimum atomic E-state index is 0.592. The molecule has 0 aromatic carbocycles. The molecule has 0 aromatic heterocycles. The lowest BCUT2D eigenvalue weighted by Gasteiger charge is -2.31. The van der Waals surface area contributed by atoms with Crippen LogP contribution in [0.2, 0.25) is 0 Å². The molecular weight excluding hydrogens is 198 g/mol. The van der Waals surface area contributed by atoms with Crippen LogP contribution in [0.15, 0.2) is 0 Å². The second-order valence-electron chi connectivity index (χ2n) is 5.98. The van der Waals surface area contributed by atoms with Crippen molar-refractivity contribution >= 4 is 0 Å². The quantitative estimate of drug-likeness (QED) is 0.750. The first kappa shape index (κ1) is 12.4. The molecule has 2 nitrogen and oxygen atoms in total. The fourth-order valence-electron chi connectivity index (χ4n) is 3.86. The molecule has 2 aliphatic carbocycles. The molecule has 2 heteroatoms. The van der Waals surface area contributed by atoms with Crippen LogP contribution in [0.25, 0.3) is 0 Å². The summed E-state index contributed by atoms with van der Waals surface area (Å²) in [5, 5.41) is 3.76. The normalized spacial score (nSPS) is 36.6. The van der Waals surface area contributed by atoms with Crippen molar-refractivity contribution in [2.24, 2.45) is 17.8 Å². The molecule has 0 heterocycles. The molecular formula is C14H27NO. The van der Waals surface area contributed by atoms with Gasteiger partial charge in [-0.05, 0) is 57.3 Å². The van der Waals surface area contributed by atoms with Crippen molar-refractivity contribution in [3.05, 3.63) is 0 Å². The summed E-state index contributed by atoms with van der Waals surface area (Å²) in [6, 6.07) is 1.29. The highest BCUT2D eigenvalue weighted by Crippen LogP contribution is 2.49. The fourth-order valence-corrected chi connectivity index (χ4v) is 3.86. The molecule has 2 bridgehead atoms. The molecule has 2 rings (SSSR count). The van der Waals surface area contributed by atoms with Gasteiger partial charge in [0, 0.05) is 25.8 Å². The van der Waals surface area contributed by atoms with Crippen LogP contribution >= 0.6 is 0 Å². The first-order chi connectivity index (χ1) is 7.70. The van der Waals surface area contributed by atoms with Gasteiger partial charge in [0.25, 0.3) is 0 Å². The zero-order chi connectivity index (χ0) is 11.5. The molecule has 1 N–H and O–H groups in total. The first-order valence-electron chi connectivity index (χ1n) is 6.95. The Bertz CT molecular complexity index is 219. The van der Waals surface area contributed by atoms with Crippen molar-refractivity contribution in [1.82, 2.24) is 5.32 Å². The Morgan fingerprint density at radius 2 is 2.06 bits per heavy atom. The van der Waals surface area contributed by atoms with E-state index in [0.29, 0.717) is 12.1 Å². The van der Waals surface area contributed by atoms with Crippen molar-refractivity contribution in [3.8, 4) is 0 Å². The van der Waals surface area contributed by atoms with E-state index in [1.807, 2.05) is 0 Å². The van der Waals surface area contributed by atoms with E-state index in [0.717, 1.165) is 30.8 Å². The molecule has 0 amide bonds. The Morgan fingerprint density at radius 1 is 1.25 bits per heavy atom. The van der Waals surface area contributed by atoms with Gasteiger partial charge >= 0.3 is 0 Å². The Hall–Kier alpha value is -0.0800. The predicted octanol–water partition coefficient (Wildman–Crippen LogP) is 2.83. The van der Waals surface area contributed by atoms with E-state index in [1.54, 1.807) is 7.11 Å². The molecule has 94 valence electrons. The third-order valence-electron chi connectivity index (χ3n) is 4.74. The molecule has 2 aliphatic rings. The lowest BCUT2D eigenvalue weighted by atomic mass is 9.83. The van der Waals surface area contributed by atoms with Gasteiger partial charge in [0.15, 0.2) is 0 Å². The monoisotopic (exact) mass is 225 g/mol. The van der Waals surface area contributed by atoms with Crippen LogP contribution in [-0.2, 0) is 4.74 Å². The Morgan fingerprint density at radius 3 is 2.62 bits per heavy atom. The van der Waals surface area contributed by atoms with Crippen LogP contribution < -0.4 is 5.32 Å². The molecule has 0 aromatic rings. The average Bonchev–Trinajstić information content (AvgIpc) is 2.87. The van der Waals surface area contributed by atoms with Gasteiger partial charge < -0.3 is 10.1 Å². The smallest absolute Gasteiger partial charge is 0.0476 e. The molecule has 16 heavy (non-hydrogen) atoms. The Labute approximate surface area is 100 Å². The lowest BCUT2D eigenvalue weighted by Crippen LogP contribution is -2.41. The zero-order valence-corrected chi connectivity index (χ0v) is 11.0. The summed E-state index contributed by atoms with van der Waals surface area (Å²) in [6.07, 6.45) is 7.13. The van der Waals surface area contributed by atoms with Crippen LogP contribution in [0.1, 0.15) is 46.0 Å². The number of fused-ring (bicyclic) bond motifs is 2. The third-order valence-corrected chi connectivity index (χ3v) is 4.74. The van der Waals surface area contributed by atoms with Gasteiger partial charge in [-0.1, -0.05) is 6.42 Å². The molecule has 0 radical (unpaired) electrons. The van der Waals surface area contributed by atoms with Crippen LogP contribution in [0.5, 0.6) is 0 Å². The van der Waals surface area contributed by atoms with Gasteiger partial charge in [-0.2, -0.15) is 0 Å². The molecule has 2 fully saturated rings. The maximum atomic E-state index is 5.13. The molecule has 0 spiro atoms. The highest BCUT2D eigenvalue weighted by atomic mass is 16.5. The number of hydrogen-bond acceptors (Lipinski definition) is 2. The van der Waals surface area contributed by atoms with Crippen LogP contribution in [0.4, 0.5) is 0 Å².